The number of aromatic nitrogens is 2. The summed E-state index contributed by atoms with van der Waals surface area (Å²) in [5, 5.41) is 13.3. The highest BCUT2D eigenvalue weighted by Crippen LogP contribution is 2.49. The zero-order valence-electron chi connectivity index (χ0n) is 20.4. The lowest BCUT2D eigenvalue weighted by molar-refractivity contribution is -0.204. The third-order valence-electron chi connectivity index (χ3n) is 5.36. The molecule has 15 heteroatoms. The molecule has 0 spiro atoms. The van der Waals surface area contributed by atoms with Crippen molar-refractivity contribution in [2.24, 2.45) is 5.92 Å². The molecule has 2 aromatic rings. The Labute approximate surface area is 216 Å². The summed E-state index contributed by atoms with van der Waals surface area (Å²) in [4.78, 5) is 37.8. The van der Waals surface area contributed by atoms with E-state index in [1.54, 1.807) is 13.8 Å². The molecule has 1 aliphatic heterocycles. The number of benzene rings is 1. The summed E-state index contributed by atoms with van der Waals surface area (Å²) in [7, 11) is -4.50. The van der Waals surface area contributed by atoms with Crippen molar-refractivity contribution < 1.29 is 37.4 Å². The smallest absolute Gasteiger partial charge is 0.459 e. The van der Waals surface area contributed by atoms with E-state index >= 15 is 4.39 Å². The van der Waals surface area contributed by atoms with E-state index in [-0.39, 0.29) is 5.75 Å². The first kappa shape index (κ1) is 29.0. The molecule has 3 N–H and O–H groups in total. The van der Waals surface area contributed by atoms with Crippen LogP contribution in [0.3, 0.4) is 0 Å². The molecule has 0 saturated carbocycles. The van der Waals surface area contributed by atoms with Gasteiger partial charge in [-0.15, -0.1) is 0 Å². The van der Waals surface area contributed by atoms with Crippen LogP contribution in [-0.2, 0) is 23.4 Å². The van der Waals surface area contributed by atoms with E-state index in [0.717, 1.165) is 16.8 Å². The van der Waals surface area contributed by atoms with Crippen LogP contribution in [0.1, 0.15) is 33.9 Å². The molecule has 2 heterocycles. The maximum atomic E-state index is 15.8. The minimum Gasteiger partial charge on any atom is -0.462 e. The van der Waals surface area contributed by atoms with E-state index in [1.807, 2.05) is 4.98 Å². The van der Waals surface area contributed by atoms with Crippen molar-refractivity contribution in [2.45, 2.75) is 58.0 Å². The number of hydrogen-bond donors (Lipinski definition) is 3. The Bertz CT molecular complexity index is 1270. The summed E-state index contributed by atoms with van der Waals surface area (Å²) >= 11 is 5.87. The molecule has 0 amide bonds. The van der Waals surface area contributed by atoms with Crippen LogP contribution in [0, 0.1) is 5.92 Å². The number of aliphatic hydroxyl groups excluding tert-OH is 1. The molecule has 1 saturated heterocycles. The molecule has 6 atom stereocenters. The first-order valence-corrected chi connectivity index (χ1v) is 13.2. The summed E-state index contributed by atoms with van der Waals surface area (Å²) in [6, 6.07) is 5.50. The average Bonchev–Trinajstić information content (AvgIpc) is 3.03. The standard InChI is InChI=1S/C22H28ClFN3O9P/c1-12(2)34-20(30)14(4)26-37(32,36-16-7-5-15(23)6-8-16)33-11-22(24)18(29)13(3)19(35-22)27-10-9-17(28)25-21(27)31/h5-10,12-14,18-19,29H,11H2,1-4H3,(H,26,32)(H,25,28,31). The zero-order chi connectivity index (χ0) is 27.5. The number of carbonyl (C=O) groups is 1. The van der Waals surface area contributed by atoms with Gasteiger partial charge in [0, 0.05) is 23.2 Å². The van der Waals surface area contributed by atoms with Crippen molar-refractivity contribution in [2.75, 3.05) is 6.61 Å². The van der Waals surface area contributed by atoms with E-state index < -0.39 is 67.8 Å². The minimum atomic E-state index is -4.50. The average molecular weight is 564 g/mol. The van der Waals surface area contributed by atoms with Crippen LogP contribution in [0.25, 0.3) is 0 Å². The molecule has 0 radical (unpaired) electrons. The predicted octanol–water partition coefficient (Wildman–Crippen LogP) is 2.52. The highest BCUT2D eigenvalue weighted by atomic mass is 35.5. The second kappa shape index (κ2) is 11.5. The lowest BCUT2D eigenvalue weighted by Gasteiger charge is -2.28. The van der Waals surface area contributed by atoms with Crippen LogP contribution >= 0.6 is 19.3 Å². The Kier molecular flexibility index (Phi) is 8.99. The van der Waals surface area contributed by atoms with Crippen LogP contribution in [0.2, 0.25) is 5.02 Å². The number of rotatable bonds is 10. The number of esters is 1. The van der Waals surface area contributed by atoms with Crippen LogP contribution < -0.4 is 20.9 Å². The number of aromatic amines is 1. The Morgan fingerprint density at radius 3 is 2.54 bits per heavy atom. The number of carbonyl (C=O) groups excluding carboxylic acids is 1. The molecule has 1 aromatic heterocycles. The molecule has 0 aliphatic carbocycles. The summed E-state index contributed by atoms with van der Waals surface area (Å²) in [5.41, 5.74) is -1.55. The van der Waals surface area contributed by atoms with Gasteiger partial charge >= 0.3 is 19.4 Å². The van der Waals surface area contributed by atoms with E-state index in [2.05, 4.69) is 5.09 Å². The lowest BCUT2D eigenvalue weighted by Crippen LogP contribution is -2.42. The number of nitrogens with one attached hydrogen (secondary N) is 2. The summed E-state index contributed by atoms with van der Waals surface area (Å²) < 4.78 is 51.5. The van der Waals surface area contributed by atoms with Gasteiger partial charge in [0.15, 0.2) is 0 Å². The summed E-state index contributed by atoms with van der Waals surface area (Å²) in [5.74, 6) is -4.67. The van der Waals surface area contributed by atoms with Crippen LogP contribution in [0.15, 0.2) is 46.1 Å². The van der Waals surface area contributed by atoms with Crippen LogP contribution in [0.5, 0.6) is 5.75 Å². The second-order valence-corrected chi connectivity index (χ2v) is 10.9. The van der Waals surface area contributed by atoms with Crippen molar-refractivity contribution in [3.8, 4) is 5.75 Å². The van der Waals surface area contributed by atoms with Crippen molar-refractivity contribution >= 4 is 25.3 Å². The molecular weight excluding hydrogens is 536 g/mol. The quantitative estimate of drug-likeness (QED) is 0.290. The first-order chi connectivity index (χ1) is 17.2. The van der Waals surface area contributed by atoms with Crippen molar-refractivity contribution in [1.29, 1.82) is 0 Å². The van der Waals surface area contributed by atoms with Gasteiger partial charge in [0.1, 0.15) is 30.7 Å². The van der Waals surface area contributed by atoms with Gasteiger partial charge in [-0.05, 0) is 45.0 Å². The predicted molar refractivity (Wildman–Crippen MR) is 130 cm³/mol. The molecule has 3 rings (SSSR count). The molecule has 37 heavy (non-hydrogen) atoms. The number of nitrogens with zero attached hydrogens (tertiary/aromatic N) is 1. The van der Waals surface area contributed by atoms with Gasteiger partial charge < -0.3 is 19.1 Å². The Morgan fingerprint density at radius 1 is 1.30 bits per heavy atom. The van der Waals surface area contributed by atoms with Crippen LogP contribution in [-0.4, -0.2) is 51.3 Å². The topological polar surface area (TPSA) is 158 Å². The van der Waals surface area contributed by atoms with Gasteiger partial charge in [-0.3, -0.25) is 23.7 Å². The number of aliphatic hydroxyl groups is 1. The molecule has 0 bridgehead atoms. The SMILES string of the molecule is CC(C)OC(=O)C(C)NP(=O)(OCC1(F)OC(n2ccc(=O)[nH]c2=O)C(C)C1O)Oc1ccc(Cl)cc1. The number of halogens is 2. The molecule has 12 nitrogen and oxygen atoms in total. The van der Waals surface area contributed by atoms with Gasteiger partial charge in [0.05, 0.1) is 6.10 Å². The summed E-state index contributed by atoms with van der Waals surface area (Å²) in [6.45, 7) is 4.90. The number of hydrogen-bond acceptors (Lipinski definition) is 9. The minimum absolute atomic E-state index is 0.0245. The number of H-pyrrole nitrogens is 1. The van der Waals surface area contributed by atoms with Gasteiger partial charge in [-0.1, -0.05) is 18.5 Å². The van der Waals surface area contributed by atoms with Gasteiger partial charge in [0.25, 0.3) is 11.4 Å². The molecule has 6 unspecified atom stereocenters. The van der Waals surface area contributed by atoms with Crippen molar-refractivity contribution in [3.05, 3.63) is 62.4 Å². The van der Waals surface area contributed by atoms with Crippen molar-refractivity contribution in [1.82, 2.24) is 14.6 Å². The normalized spacial score (nSPS) is 26.0. The van der Waals surface area contributed by atoms with Gasteiger partial charge in [-0.2, -0.15) is 5.09 Å². The van der Waals surface area contributed by atoms with Gasteiger partial charge in [0.2, 0.25) is 0 Å². The number of alkyl halides is 1. The van der Waals surface area contributed by atoms with Crippen LogP contribution in [0.4, 0.5) is 4.39 Å². The highest BCUT2D eigenvalue weighted by molar-refractivity contribution is 7.52. The van der Waals surface area contributed by atoms with Crippen molar-refractivity contribution in [3.63, 3.8) is 0 Å². The van der Waals surface area contributed by atoms with Gasteiger partial charge in [-0.25, -0.2) is 13.8 Å². The molecule has 204 valence electrons. The van der Waals surface area contributed by atoms with E-state index in [1.165, 1.54) is 38.1 Å². The highest BCUT2D eigenvalue weighted by Gasteiger charge is 2.56. The second-order valence-electron chi connectivity index (χ2n) is 8.77. The van der Waals surface area contributed by atoms with E-state index in [4.69, 9.17) is 30.1 Å². The Balaban J connectivity index is 1.83. The Morgan fingerprint density at radius 2 is 1.95 bits per heavy atom. The maximum absolute atomic E-state index is 15.8. The fourth-order valence-corrected chi connectivity index (χ4v) is 5.14. The first-order valence-electron chi connectivity index (χ1n) is 11.3. The number of ether oxygens (including phenoxy) is 2. The fourth-order valence-electron chi connectivity index (χ4n) is 3.50. The van der Waals surface area contributed by atoms with E-state index in [0.29, 0.717) is 5.02 Å². The fraction of sp³-hybridized carbons (Fsp3) is 0.500. The molecule has 1 aromatic carbocycles. The third kappa shape index (κ3) is 7.07. The lowest BCUT2D eigenvalue weighted by atomic mass is 10.0. The van der Waals surface area contributed by atoms with E-state index in [9.17, 15) is 24.1 Å². The molecule has 1 fully saturated rings. The Hall–Kier alpha value is -2.54. The largest absolute Gasteiger partial charge is 0.462 e. The maximum Gasteiger partial charge on any atom is 0.459 e. The molecular formula is C22H28ClFN3O9P. The monoisotopic (exact) mass is 563 g/mol. The third-order valence-corrected chi connectivity index (χ3v) is 7.23. The zero-order valence-corrected chi connectivity index (χ0v) is 22.1. The summed E-state index contributed by atoms with van der Waals surface area (Å²) in [6.07, 6.45) is -2.51. The molecule has 1 aliphatic rings.